The molecule has 5 nitrogen and oxygen atoms in total. The van der Waals surface area contributed by atoms with Gasteiger partial charge in [0.1, 0.15) is 17.4 Å². The molecule has 0 atom stereocenters. The van der Waals surface area contributed by atoms with Gasteiger partial charge in [0, 0.05) is 23.0 Å². The number of halogens is 1. The van der Waals surface area contributed by atoms with E-state index in [9.17, 15) is 4.39 Å². The van der Waals surface area contributed by atoms with Crippen molar-refractivity contribution in [2.45, 2.75) is 13.8 Å². The number of methoxy groups -OCH3 is 1. The average molecular weight is 353 g/mol. The number of nitrogens with zero attached hydrogens (tertiary/aromatic N) is 2. The number of benzene rings is 1. The smallest absolute Gasteiger partial charge is 0.174 e. The maximum atomic E-state index is 13.7. The van der Waals surface area contributed by atoms with Crippen molar-refractivity contribution in [3.05, 3.63) is 60.2 Å². The van der Waals surface area contributed by atoms with Crippen LogP contribution in [0.4, 0.5) is 16.0 Å². The zero-order valence-corrected chi connectivity index (χ0v) is 14.9. The Kier molecular flexibility index (Phi) is 5.31. The minimum Gasteiger partial charge on any atom is -0.496 e. The second kappa shape index (κ2) is 7.82. The fourth-order valence-corrected chi connectivity index (χ4v) is 2.59. The first-order valence-corrected chi connectivity index (χ1v) is 8.28. The van der Waals surface area contributed by atoms with Gasteiger partial charge in [-0.05, 0) is 50.2 Å². The number of hydrogen-bond donors (Lipinski definition) is 1. The van der Waals surface area contributed by atoms with Gasteiger partial charge >= 0.3 is 0 Å². The van der Waals surface area contributed by atoms with E-state index in [2.05, 4.69) is 15.3 Å². The lowest BCUT2D eigenvalue weighted by Gasteiger charge is -2.14. The summed E-state index contributed by atoms with van der Waals surface area (Å²) in [7, 11) is 1.55. The first-order valence-electron chi connectivity index (χ1n) is 8.28. The number of aryl methyl sites for hydroxylation is 1. The molecule has 0 fully saturated rings. The fourth-order valence-electron chi connectivity index (χ4n) is 2.59. The highest BCUT2D eigenvalue weighted by molar-refractivity contribution is 5.74. The van der Waals surface area contributed by atoms with E-state index in [1.165, 1.54) is 12.1 Å². The summed E-state index contributed by atoms with van der Waals surface area (Å²) in [5, 5.41) is 3.16. The Morgan fingerprint density at radius 2 is 1.96 bits per heavy atom. The van der Waals surface area contributed by atoms with Crippen molar-refractivity contribution in [3.8, 4) is 22.6 Å². The number of ether oxygens (including phenoxy) is 2. The SMILES string of the molecule is CCOc1cc(-c2cc(F)ccc2OC)cnc1Nc1cccc(C)n1. The van der Waals surface area contributed by atoms with Crippen molar-refractivity contribution in [2.24, 2.45) is 0 Å². The Balaban J connectivity index is 2.00. The van der Waals surface area contributed by atoms with Crippen molar-refractivity contribution in [1.82, 2.24) is 9.97 Å². The number of pyridine rings is 2. The summed E-state index contributed by atoms with van der Waals surface area (Å²) in [4.78, 5) is 8.86. The summed E-state index contributed by atoms with van der Waals surface area (Å²) in [5.41, 5.74) is 2.21. The standard InChI is InChI=1S/C20H20FN3O2/c1-4-26-18-10-14(16-11-15(21)8-9-17(16)25-3)12-22-20(18)24-19-7-5-6-13(2)23-19/h5-12H,4H2,1-3H3,(H,22,23,24). The van der Waals surface area contributed by atoms with Gasteiger partial charge in [0.15, 0.2) is 11.6 Å². The van der Waals surface area contributed by atoms with E-state index in [1.807, 2.05) is 38.1 Å². The lowest BCUT2D eigenvalue weighted by atomic mass is 10.1. The summed E-state index contributed by atoms with van der Waals surface area (Å²) in [5.74, 6) is 2.00. The van der Waals surface area contributed by atoms with Crippen molar-refractivity contribution in [2.75, 3.05) is 19.0 Å². The quantitative estimate of drug-likeness (QED) is 0.693. The number of aromatic nitrogens is 2. The molecule has 2 heterocycles. The summed E-state index contributed by atoms with van der Waals surface area (Å²) >= 11 is 0. The Hall–Kier alpha value is -3.15. The second-order valence-electron chi connectivity index (χ2n) is 5.64. The van der Waals surface area contributed by atoms with E-state index in [0.717, 1.165) is 5.69 Å². The molecule has 134 valence electrons. The first kappa shape index (κ1) is 17.7. The molecule has 0 unspecified atom stereocenters. The van der Waals surface area contributed by atoms with Crippen molar-refractivity contribution in [1.29, 1.82) is 0 Å². The largest absolute Gasteiger partial charge is 0.496 e. The van der Waals surface area contributed by atoms with Crippen LogP contribution in [-0.4, -0.2) is 23.7 Å². The average Bonchev–Trinajstić information content (AvgIpc) is 2.63. The third-order valence-corrected chi connectivity index (χ3v) is 3.76. The first-order chi connectivity index (χ1) is 12.6. The van der Waals surface area contributed by atoms with Gasteiger partial charge in [-0.25, -0.2) is 14.4 Å². The second-order valence-corrected chi connectivity index (χ2v) is 5.64. The highest BCUT2D eigenvalue weighted by Gasteiger charge is 2.13. The zero-order chi connectivity index (χ0) is 18.5. The highest BCUT2D eigenvalue weighted by Crippen LogP contribution is 2.35. The molecule has 6 heteroatoms. The summed E-state index contributed by atoms with van der Waals surface area (Å²) in [6, 6.07) is 11.9. The number of anilines is 2. The van der Waals surface area contributed by atoms with Gasteiger partial charge in [-0.3, -0.25) is 0 Å². The van der Waals surface area contributed by atoms with Gasteiger partial charge in [-0.1, -0.05) is 6.07 Å². The van der Waals surface area contributed by atoms with Gasteiger partial charge in [-0.2, -0.15) is 0 Å². The van der Waals surface area contributed by atoms with Crippen LogP contribution in [0.2, 0.25) is 0 Å². The predicted octanol–water partition coefficient (Wildman–Crippen LogP) is 4.74. The van der Waals surface area contributed by atoms with Crippen LogP contribution in [0.25, 0.3) is 11.1 Å². The van der Waals surface area contributed by atoms with E-state index < -0.39 is 0 Å². The molecule has 3 rings (SSSR count). The van der Waals surface area contributed by atoms with Gasteiger partial charge in [0.05, 0.1) is 13.7 Å². The summed E-state index contributed by atoms with van der Waals surface area (Å²) in [6.45, 7) is 4.28. The highest BCUT2D eigenvalue weighted by atomic mass is 19.1. The normalized spacial score (nSPS) is 10.5. The fraction of sp³-hybridized carbons (Fsp3) is 0.200. The Morgan fingerprint density at radius 1 is 1.12 bits per heavy atom. The van der Waals surface area contributed by atoms with Crippen LogP contribution < -0.4 is 14.8 Å². The van der Waals surface area contributed by atoms with Crippen LogP contribution in [0, 0.1) is 12.7 Å². The van der Waals surface area contributed by atoms with Crippen LogP contribution in [0.3, 0.4) is 0 Å². The van der Waals surface area contributed by atoms with Crippen LogP contribution in [0.5, 0.6) is 11.5 Å². The van der Waals surface area contributed by atoms with Crippen LogP contribution in [0.15, 0.2) is 48.7 Å². The molecule has 0 aliphatic heterocycles. The van der Waals surface area contributed by atoms with Crippen LogP contribution in [0.1, 0.15) is 12.6 Å². The molecule has 0 aliphatic rings. The van der Waals surface area contributed by atoms with Crippen molar-refractivity contribution < 1.29 is 13.9 Å². The lowest BCUT2D eigenvalue weighted by molar-refractivity contribution is 0.341. The molecular weight excluding hydrogens is 333 g/mol. The molecule has 0 saturated heterocycles. The molecule has 0 spiro atoms. The van der Waals surface area contributed by atoms with Crippen LogP contribution in [-0.2, 0) is 0 Å². The van der Waals surface area contributed by atoms with E-state index in [-0.39, 0.29) is 5.82 Å². The number of hydrogen-bond acceptors (Lipinski definition) is 5. The molecule has 0 amide bonds. The van der Waals surface area contributed by atoms with Gasteiger partial charge in [0.25, 0.3) is 0 Å². The third-order valence-electron chi connectivity index (χ3n) is 3.76. The Morgan fingerprint density at radius 3 is 2.69 bits per heavy atom. The van der Waals surface area contributed by atoms with Crippen LogP contribution >= 0.6 is 0 Å². The zero-order valence-electron chi connectivity index (χ0n) is 14.9. The number of rotatable bonds is 6. The summed E-state index contributed by atoms with van der Waals surface area (Å²) < 4.78 is 24.7. The van der Waals surface area contributed by atoms with Crippen molar-refractivity contribution >= 4 is 11.6 Å². The molecule has 3 aromatic rings. The maximum Gasteiger partial charge on any atom is 0.174 e. The lowest BCUT2D eigenvalue weighted by Crippen LogP contribution is -2.02. The Bertz CT molecular complexity index is 915. The molecule has 1 aromatic carbocycles. The minimum atomic E-state index is -0.343. The molecule has 0 radical (unpaired) electrons. The van der Waals surface area contributed by atoms with Gasteiger partial charge in [-0.15, -0.1) is 0 Å². The predicted molar refractivity (Wildman–Crippen MR) is 99.6 cm³/mol. The molecule has 1 N–H and O–H groups in total. The number of nitrogens with one attached hydrogen (secondary N) is 1. The Labute approximate surface area is 151 Å². The van der Waals surface area contributed by atoms with Gasteiger partial charge < -0.3 is 14.8 Å². The molecule has 26 heavy (non-hydrogen) atoms. The third kappa shape index (κ3) is 3.91. The van der Waals surface area contributed by atoms with E-state index >= 15 is 0 Å². The summed E-state index contributed by atoms with van der Waals surface area (Å²) in [6.07, 6.45) is 1.65. The molecule has 2 aromatic heterocycles. The topological polar surface area (TPSA) is 56.3 Å². The maximum absolute atomic E-state index is 13.7. The molecule has 0 bridgehead atoms. The van der Waals surface area contributed by atoms with E-state index in [0.29, 0.717) is 40.9 Å². The van der Waals surface area contributed by atoms with Gasteiger partial charge in [0.2, 0.25) is 0 Å². The van der Waals surface area contributed by atoms with E-state index in [1.54, 1.807) is 19.4 Å². The van der Waals surface area contributed by atoms with E-state index in [4.69, 9.17) is 9.47 Å². The molecular formula is C20H20FN3O2. The molecule has 0 saturated carbocycles. The minimum absolute atomic E-state index is 0.343. The monoisotopic (exact) mass is 353 g/mol. The molecule has 0 aliphatic carbocycles. The van der Waals surface area contributed by atoms with Crippen molar-refractivity contribution in [3.63, 3.8) is 0 Å².